The molecule has 2 heterocycles. The summed E-state index contributed by atoms with van der Waals surface area (Å²) in [4.78, 5) is 4.65. The number of piperazine rings is 1. The van der Waals surface area contributed by atoms with Gasteiger partial charge >= 0.3 is 6.18 Å². The number of nitrogens with zero attached hydrogens (tertiary/aromatic N) is 2. The summed E-state index contributed by atoms with van der Waals surface area (Å²) >= 11 is 0. The SMILES string of the molecule is CCC.CN1CCN(c2ccc(CO)c(S(C)(=O)=O)c2)CC1.FC(F)(F)C1CCCCO1. The van der Waals surface area contributed by atoms with Gasteiger partial charge in [-0.1, -0.05) is 26.3 Å². The lowest BCUT2D eigenvalue weighted by Gasteiger charge is -2.34. The standard InChI is InChI=1S/C13H20N2O3S.C6H9F3O.C3H8/c1-14-5-7-15(8-6-14)12-4-3-11(10-16)13(9-12)19(2,17)18;7-6(8,9)5-3-1-2-4-10-5;1-3-2/h3-4,9,16H,5-8,10H2,1-2H3;5H,1-4H2;3H2,1-2H3. The van der Waals surface area contributed by atoms with Crippen molar-refractivity contribution in [3.05, 3.63) is 23.8 Å². The van der Waals surface area contributed by atoms with Crippen LogP contribution in [0.1, 0.15) is 45.1 Å². The third-order valence-electron chi connectivity index (χ3n) is 5.03. The van der Waals surface area contributed by atoms with Crippen molar-refractivity contribution in [3.8, 4) is 0 Å². The molecule has 3 rings (SSSR count). The highest BCUT2D eigenvalue weighted by Gasteiger charge is 2.41. The van der Waals surface area contributed by atoms with Gasteiger partial charge in [0.25, 0.3) is 0 Å². The maximum absolute atomic E-state index is 11.8. The molecule has 2 saturated heterocycles. The van der Waals surface area contributed by atoms with Gasteiger partial charge in [-0.05, 0) is 44.0 Å². The van der Waals surface area contributed by atoms with E-state index in [1.807, 2.05) is 6.07 Å². The molecule has 0 aliphatic carbocycles. The van der Waals surface area contributed by atoms with Gasteiger partial charge in [0, 0.05) is 44.7 Å². The van der Waals surface area contributed by atoms with E-state index in [0.29, 0.717) is 12.0 Å². The molecule has 186 valence electrons. The molecule has 1 N–H and O–H groups in total. The van der Waals surface area contributed by atoms with Gasteiger partial charge in [0.05, 0.1) is 11.5 Å². The molecule has 0 spiro atoms. The summed E-state index contributed by atoms with van der Waals surface area (Å²) in [6.07, 6.45) is -1.71. The van der Waals surface area contributed by atoms with Gasteiger partial charge in [-0.3, -0.25) is 0 Å². The Balaban J connectivity index is 0.000000330. The van der Waals surface area contributed by atoms with Crippen molar-refractivity contribution in [3.63, 3.8) is 0 Å². The summed E-state index contributed by atoms with van der Waals surface area (Å²) in [7, 11) is -1.24. The van der Waals surface area contributed by atoms with Gasteiger partial charge in [-0.2, -0.15) is 13.2 Å². The molecule has 2 fully saturated rings. The number of alkyl halides is 3. The van der Waals surface area contributed by atoms with E-state index < -0.39 is 22.1 Å². The first-order valence-corrected chi connectivity index (χ1v) is 12.9. The van der Waals surface area contributed by atoms with Crippen molar-refractivity contribution in [2.24, 2.45) is 0 Å². The Hall–Kier alpha value is -1.36. The predicted molar refractivity (Wildman–Crippen MR) is 121 cm³/mol. The summed E-state index contributed by atoms with van der Waals surface area (Å²) in [6.45, 7) is 7.96. The first-order chi connectivity index (χ1) is 14.9. The van der Waals surface area contributed by atoms with E-state index in [1.165, 1.54) is 12.7 Å². The third kappa shape index (κ3) is 9.64. The lowest BCUT2D eigenvalue weighted by molar-refractivity contribution is -0.229. The van der Waals surface area contributed by atoms with Crippen molar-refractivity contribution in [1.29, 1.82) is 0 Å². The van der Waals surface area contributed by atoms with Gasteiger partial charge in [0.15, 0.2) is 15.9 Å². The molecule has 2 aliphatic heterocycles. The number of sulfone groups is 1. The van der Waals surface area contributed by atoms with Crippen molar-refractivity contribution >= 4 is 15.5 Å². The number of ether oxygens (including phenoxy) is 1. The minimum atomic E-state index is -4.15. The number of hydrogen-bond donors (Lipinski definition) is 1. The van der Waals surface area contributed by atoms with Crippen LogP contribution in [0.15, 0.2) is 23.1 Å². The molecule has 0 aromatic heterocycles. The minimum absolute atomic E-state index is 0.128. The van der Waals surface area contributed by atoms with E-state index in [9.17, 15) is 26.7 Å². The van der Waals surface area contributed by atoms with Gasteiger partial charge in [0.2, 0.25) is 0 Å². The maximum Gasteiger partial charge on any atom is 0.414 e. The van der Waals surface area contributed by atoms with Crippen LogP contribution in [-0.4, -0.2) is 76.8 Å². The molecule has 0 radical (unpaired) electrons. The average molecular weight is 483 g/mol. The normalized spacial score (nSPS) is 20.0. The molecule has 6 nitrogen and oxygen atoms in total. The highest BCUT2D eigenvalue weighted by atomic mass is 32.2. The van der Waals surface area contributed by atoms with Crippen LogP contribution in [-0.2, 0) is 21.2 Å². The van der Waals surface area contributed by atoms with Crippen LogP contribution in [0.2, 0.25) is 0 Å². The fourth-order valence-corrected chi connectivity index (χ4v) is 4.22. The molecule has 0 bridgehead atoms. The second-order valence-electron chi connectivity index (χ2n) is 8.12. The number of rotatable bonds is 3. The molecule has 1 unspecified atom stereocenters. The first kappa shape index (κ1) is 28.7. The van der Waals surface area contributed by atoms with E-state index >= 15 is 0 Å². The molecule has 1 aromatic rings. The molecular weight excluding hydrogens is 445 g/mol. The topological polar surface area (TPSA) is 70.1 Å². The Morgan fingerprint density at radius 2 is 1.72 bits per heavy atom. The van der Waals surface area contributed by atoms with E-state index in [0.717, 1.165) is 38.3 Å². The van der Waals surface area contributed by atoms with Gasteiger partial charge in [0.1, 0.15) is 0 Å². The molecule has 32 heavy (non-hydrogen) atoms. The van der Waals surface area contributed by atoms with Crippen molar-refractivity contribution in [2.45, 2.75) is 63.3 Å². The Morgan fingerprint density at radius 3 is 2.12 bits per heavy atom. The fraction of sp³-hybridized carbons (Fsp3) is 0.727. The number of halogens is 3. The van der Waals surface area contributed by atoms with Crippen LogP contribution in [0, 0.1) is 0 Å². The Kier molecular flexibility index (Phi) is 12.0. The third-order valence-corrected chi connectivity index (χ3v) is 6.21. The lowest BCUT2D eigenvalue weighted by Crippen LogP contribution is -2.44. The predicted octanol–water partition coefficient (Wildman–Crippen LogP) is 3.87. The Morgan fingerprint density at radius 1 is 1.12 bits per heavy atom. The van der Waals surface area contributed by atoms with Crippen LogP contribution < -0.4 is 4.90 Å². The number of hydrogen-bond acceptors (Lipinski definition) is 6. The Labute approximate surface area is 190 Å². The zero-order chi connectivity index (χ0) is 24.4. The van der Waals surface area contributed by atoms with Crippen molar-refractivity contribution in [1.82, 2.24) is 4.90 Å². The molecule has 10 heteroatoms. The molecular formula is C22H37F3N2O4S. The van der Waals surface area contributed by atoms with E-state index in [-0.39, 0.29) is 24.5 Å². The molecule has 1 atom stereocenters. The lowest BCUT2D eigenvalue weighted by atomic mass is 10.1. The van der Waals surface area contributed by atoms with E-state index in [1.54, 1.807) is 12.1 Å². The minimum Gasteiger partial charge on any atom is -0.392 e. The number of aliphatic hydroxyl groups excluding tert-OH is 1. The summed E-state index contributed by atoms with van der Waals surface area (Å²) in [5, 5.41) is 9.23. The molecule has 0 amide bonds. The summed E-state index contributed by atoms with van der Waals surface area (Å²) in [6, 6.07) is 5.25. The average Bonchev–Trinajstić information content (AvgIpc) is 2.74. The summed E-state index contributed by atoms with van der Waals surface area (Å²) in [5.74, 6) is 0. The zero-order valence-electron chi connectivity index (χ0n) is 19.5. The quantitative estimate of drug-likeness (QED) is 0.706. The number of benzene rings is 1. The van der Waals surface area contributed by atoms with E-state index in [4.69, 9.17) is 0 Å². The van der Waals surface area contributed by atoms with E-state index in [2.05, 4.69) is 35.4 Å². The number of aliphatic hydroxyl groups is 1. The zero-order valence-corrected chi connectivity index (χ0v) is 20.3. The Bertz CT molecular complexity index is 774. The maximum atomic E-state index is 11.8. The van der Waals surface area contributed by atoms with Gasteiger partial charge in [-0.25, -0.2) is 8.42 Å². The van der Waals surface area contributed by atoms with Crippen LogP contribution in [0.3, 0.4) is 0 Å². The summed E-state index contributed by atoms with van der Waals surface area (Å²) < 4.78 is 63.5. The second kappa shape index (κ2) is 13.4. The van der Waals surface area contributed by atoms with Crippen molar-refractivity contribution < 1.29 is 31.4 Å². The smallest absolute Gasteiger partial charge is 0.392 e. The highest BCUT2D eigenvalue weighted by Crippen LogP contribution is 2.29. The van der Waals surface area contributed by atoms with Crippen LogP contribution in [0.25, 0.3) is 0 Å². The van der Waals surface area contributed by atoms with Crippen LogP contribution in [0.5, 0.6) is 0 Å². The number of anilines is 1. The number of likely N-dealkylation sites (N-methyl/N-ethyl adjacent to an activating group) is 1. The van der Waals surface area contributed by atoms with Crippen molar-refractivity contribution in [2.75, 3.05) is 51.0 Å². The molecule has 0 saturated carbocycles. The largest absolute Gasteiger partial charge is 0.414 e. The van der Waals surface area contributed by atoms with Crippen LogP contribution >= 0.6 is 0 Å². The molecule has 2 aliphatic rings. The first-order valence-electron chi connectivity index (χ1n) is 11.0. The highest BCUT2D eigenvalue weighted by molar-refractivity contribution is 7.90. The summed E-state index contributed by atoms with van der Waals surface area (Å²) in [5.41, 5.74) is 1.37. The second-order valence-corrected chi connectivity index (χ2v) is 10.1. The van der Waals surface area contributed by atoms with Gasteiger partial charge < -0.3 is 19.6 Å². The van der Waals surface area contributed by atoms with Crippen LogP contribution in [0.4, 0.5) is 18.9 Å². The molecule has 1 aromatic carbocycles. The van der Waals surface area contributed by atoms with Gasteiger partial charge in [-0.15, -0.1) is 0 Å². The fourth-order valence-electron chi connectivity index (χ4n) is 3.28. The monoisotopic (exact) mass is 482 g/mol.